The minimum atomic E-state index is -0.844. The maximum Gasteiger partial charge on any atom is 0.296 e. The summed E-state index contributed by atoms with van der Waals surface area (Å²) in [4.78, 5) is 27.4. The molecule has 2 aliphatic heterocycles. The van der Waals surface area contributed by atoms with E-state index in [2.05, 4.69) is 0 Å². The molecule has 0 aliphatic carbocycles. The standard InChI is InChI=1S/C24H19NO6/c26-22(16-8-9-17-19(13-16)31-12-11-30-17)20-21(18-7-4-10-29-18)25(24(28)23(20)27)14-15-5-2-1-3-6-15/h1-10,13,21,26H,11-12,14H2/b22-20+/t21-/m1/s1. The molecule has 156 valence electrons. The third-order valence-electron chi connectivity index (χ3n) is 5.36. The summed E-state index contributed by atoms with van der Waals surface area (Å²) in [7, 11) is 0. The first-order valence-electron chi connectivity index (χ1n) is 9.89. The number of Topliss-reactive ketones (excluding diaryl/α,β-unsaturated/α-hetero) is 1. The van der Waals surface area contributed by atoms with Gasteiger partial charge in [0, 0.05) is 12.1 Å². The van der Waals surface area contributed by atoms with Crippen LogP contribution in [-0.2, 0) is 16.1 Å². The number of hydrogen-bond donors (Lipinski definition) is 1. The first kappa shape index (κ1) is 19.0. The average Bonchev–Trinajstić information content (AvgIpc) is 3.42. The summed E-state index contributed by atoms with van der Waals surface area (Å²) in [6.07, 6.45) is 1.47. The Morgan fingerprint density at radius 3 is 2.48 bits per heavy atom. The van der Waals surface area contributed by atoms with Gasteiger partial charge >= 0.3 is 0 Å². The minimum Gasteiger partial charge on any atom is -0.507 e. The van der Waals surface area contributed by atoms with E-state index in [0.717, 1.165) is 5.56 Å². The number of ketones is 1. The Labute approximate surface area is 178 Å². The molecule has 1 amide bonds. The minimum absolute atomic E-state index is 0.0208. The number of ether oxygens (including phenoxy) is 2. The van der Waals surface area contributed by atoms with Crippen molar-refractivity contribution in [2.45, 2.75) is 12.6 Å². The van der Waals surface area contributed by atoms with Crippen LogP contribution in [0.25, 0.3) is 5.76 Å². The zero-order valence-corrected chi connectivity index (χ0v) is 16.5. The number of carbonyl (C=O) groups excluding carboxylic acids is 2. The summed E-state index contributed by atoms with van der Waals surface area (Å²) in [5.41, 5.74) is 1.20. The van der Waals surface area contributed by atoms with Crippen LogP contribution in [0.15, 0.2) is 76.9 Å². The molecule has 1 aromatic heterocycles. The van der Waals surface area contributed by atoms with Crippen molar-refractivity contribution in [1.29, 1.82) is 0 Å². The van der Waals surface area contributed by atoms with Crippen LogP contribution in [0.3, 0.4) is 0 Å². The molecule has 7 nitrogen and oxygen atoms in total. The number of nitrogens with zero attached hydrogens (tertiary/aromatic N) is 1. The highest BCUT2D eigenvalue weighted by atomic mass is 16.6. The van der Waals surface area contributed by atoms with Crippen LogP contribution in [0, 0.1) is 0 Å². The van der Waals surface area contributed by atoms with E-state index in [1.165, 1.54) is 11.2 Å². The Bertz CT molecular complexity index is 1170. The Morgan fingerprint density at radius 2 is 1.74 bits per heavy atom. The number of aliphatic hydroxyl groups is 1. The largest absolute Gasteiger partial charge is 0.507 e. The zero-order chi connectivity index (χ0) is 21.4. The molecule has 1 saturated heterocycles. The van der Waals surface area contributed by atoms with Crippen molar-refractivity contribution >= 4 is 17.4 Å². The van der Waals surface area contributed by atoms with Crippen LogP contribution in [0.4, 0.5) is 0 Å². The Hall–Kier alpha value is -4.00. The van der Waals surface area contributed by atoms with Crippen LogP contribution < -0.4 is 9.47 Å². The third kappa shape index (κ3) is 3.34. The van der Waals surface area contributed by atoms with Crippen molar-refractivity contribution in [2.24, 2.45) is 0 Å². The van der Waals surface area contributed by atoms with E-state index in [-0.39, 0.29) is 17.9 Å². The molecule has 5 rings (SSSR count). The van der Waals surface area contributed by atoms with Gasteiger partial charge in [-0.1, -0.05) is 30.3 Å². The predicted octanol–water partition coefficient (Wildman–Crippen LogP) is 3.67. The highest BCUT2D eigenvalue weighted by Gasteiger charge is 2.47. The maximum atomic E-state index is 13.0. The van der Waals surface area contributed by atoms with Crippen LogP contribution in [-0.4, -0.2) is 34.9 Å². The fourth-order valence-corrected chi connectivity index (χ4v) is 3.91. The molecule has 2 aromatic carbocycles. The van der Waals surface area contributed by atoms with Gasteiger partial charge < -0.3 is 23.9 Å². The summed E-state index contributed by atoms with van der Waals surface area (Å²) in [6, 6.07) is 16.8. The summed E-state index contributed by atoms with van der Waals surface area (Å²) < 4.78 is 16.7. The van der Waals surface area contributed by atoms with E-state index < -0.39 is 17.7 Å². The van der Waals surface area contributed by atoms with Gasteiger partial charge in [-0.3, -0.25) is 9.59 Å². The lowest BCUT2D eigenvalue weighted by atomic mass is 9.99. The predicted molar refractivity (Wildman–Crippen MR) is 110 cm³/mol. The number of benzene rings is 2. The quantitative estimate of drug-likeness (QED) is 0.396. The van der Waals surface area contributed by atoms with E-state index in [4.69, 9.17) is 13.9 Å². The number of carbonyl (C=O) groups is 2. The average molecular weight is 417 g/mol. The summed E-state index contributed by atoms with van der Waals surface area (Å²) in [5, 5.41) is 11.1. The molecule has 31 heavy (non-hydrogen) atoms. The summed E-state index contributed by atoms with van der Waals surface area (Å²) >= 11 is 0. The van der Waals surface area contributed by atoms with Crippen LogP contribution in [0.2, 0.25) is 0 Å². The van der Waals surface area contributed by atoms with Gasteiger partial charge in [-0.2, -0.15) is 0 Å². The first-order valence-corrected chi connectivity index (χ1v) is 9.89. The van der Waals surface area contributed by atoms with E-state index in [9.17, 15) is 14.7 Å². The van der Waals surface area contributed by atoms with E-state index >= 15 is 0 Å². The van der Waals surface area contributed by atoms with Gasteiger partial charge in [-0.05, 0) is 35.9 Å². The molecule has 1 N–H and O–H groups in total. The fourth-order valence-electron chi connectivity index (χ4n) is 3.91. The highest BCUT2D eigenvalue weighted by molar-refractivity contribution is 6.46. The van der Waals surface area contributed by atoms with Crippen molar-refractivity contribution in [2.75, 3.05) is 13.2 Å². The van der Waals surface area contributed by atoms with E-state index in [1.54, 1.807) is 30.3 Å². The SMILES string of the molecule is O=C1C(=O)N(Cc2ccccc2)[C@H](c2ccco2)/C1=C(\O)c1ccc2c(c1)OCCO2. The molecule has 0 saturated carbocycles. The van der Waals surface area contributed by atoms with Crippen molar-refractivity contribution in [3.63, 3.8) is 0 Å². The van der Waals surface area contributed by atoms with Gasteiger partial charge in [0.15, 0.2) is 11.5 Å². The molecular weight excluding hydrogens is 398 g/mol. The smallest absolute Gasteiger partial charge is 0.296 e. The van der Waals surface area contributed by atoms with E-state index in [0.29, 0.717) is 36.0 Å². The molecule has 3 aromatic rings. The second-order valence-electron chi connectivity index (χ2n) is 7.29. The molecule has 0 bridgehead atoms. The Kier molecular flexibility index (Phi) is 4.71. The van der Waals surface area contributed by atoms with Crippen molar-refractivity contribution < 1.29 is 28.6 Å². The lowest BCUT2D eigenvalue weighted by molar-refractivity contribution is -0.140. The van der Waals surface area contributed by atoms with Crippen molar-refractivity contribution in [1.82, 2.24) is 4.90 Å². The number of likely N-dealkylation sites (tertiary alicyclic amines) is 1. The molecule has 1 fully saturated rings. The van der Waals surface area contributed by atoms with Gasteiger partial charge in [-0.25, -0.2) is 0 Å². The monoisotopic (exact) mass is 417 g/mol. The number of furan rings is 1. The van der Waals surface area contributed by atoms with Gasteiger partial charge in [0.05, 0.1) is 11.8 Å². The van der Waals surface area contributed by atoms with Crippen LogP contribution >= 0.6 is 0 Å². The second-order valence-corrected chi connectivity index (χ2v) is 7.29. The molecular formula is C24H19NO6. The third-order valence-corrected chi connectivity index (χ3v) is 5.36. The Morgan fingerprint density at radius 1 is 0.968 bits per heavy atom. The number of amides is 1. The number of rotatable bonds is 4. The summed E-state index contributed by atoms with van der Waals surface area (Å²) in [6.45, 7) is 1.04. The van der Waals surface area contributed by atoms with Gasteiger partial charge in [0.25, 0.3) is 11.7 Å². The van der Waals surface area contributed by atoms with Crippen molar-refractivity contribution in [3.05, 3.63) is 89.4 Å². The second kappa shape index (κ2) is 7.68. The topological polar surface area (TPSA) is 89.2 Å². The normalized spacial score (nSPS) is 19.6. The van der Waals surface area contributed by atoms with Gasteiger partial charge in [-0.15, -0.1) is 0 Å². The number of aliphatic hydroxyl groups excluding tert-OH is 1. The number of hydrogen-bond acceptors (Lipinski definition) is 6. The lowest BCUT2D eigenvalue weighted by Gasteiger charge is -2.23. The first-order chi connectivity index (χ1) is 15.1. The fraction of sp³-hybridized carbons (Fsp3) is 0.167. The van der Waals surface area contributed by atoms with Gasteiger partial charge in [0.1, 0.15) is 30.8 Å². The molecule has 0 unspecified atom stereocenters. The maximum absolute atomic E-state index is 13.0. The molecule has 2 aliphatic rings. The van der Waals surface area contributed by atoms with E-state index in [1.807, 2.05) is 30.3 Å². The molecule has 7 heteroatoms. The summed E-state index contributed by atoms with van der Waals surface area (Å²) in [5.74, 6) is -0.297. The van der Waals surface area contributed by atoms with Gasteiger partial charge in [0.2, 0.25) is 0 Å². The lowest BCUT2D eigenvalue weighted by Crippen LogP contribution is -2.29. The highest BCUT2D eigenvalue weighted by Crippen LogP contribution is 2.41. The Balaban J connectivity index is 1.60. The van der Waals surface area contributed by atoms with Crippen LogP contribution in [0.5, 0.6) is 11.5 Å². The van der Waals surface area contributed by atoms with Crippen molar-refractivity contribution in [3.8, 4) is 11.5 Å². The number of fused-ring (bicyclic) bond motifs is 1. The van der Waals surface area contributed by atoms with Crippen LogP contribution in [0.1, 0.15) is 22.9 Å². The molecule has 1 atom stereocenters. The molecule has 0 radical (unpaired) electrons. The molecule has 0 spiro atoms. The molecule has 3 heterocycles. The zero-order valence-electron chi connectivity index (χ0n) is 16.5.